The Morgan fingerprint density at radius 2 is 1.68 bits per heavy atom. The van der Waals surface area contributed by atoms with Crippen LogP contribution in [0.2, 0.25) is 0 Å². The highest BCUT2D eigenvalue weighted by atomic mass is 19.1. The molecule has 0 aromatic heterocycles. The van der Waals surface area contributed by atoms with Crippen molar-refractivity contribution in [2.45, 2.75) is 52.9 Å². The van der Waals surface area contributed by atoms with E-state index in [0.717, 1.165) is 45.4 Å². The Balaban J connectivity index is 1.61. The van der Waals surface area contributed by atoms with Gasteiger partial charge in [-0.15, -0.1) is 0 Å². The van der Waals surface area contributed by atoms with Crippen LogP contribution >= 0.6 is 0 Å². The third kappa shape index (κ3) is 4.69. The molecule has 2 heterocycles. The minimum absolute atomic E-state index is 0.0819. The summed E-state index contributed by atoms with van der Waals surface area (Å²) in [6.45, 7) is 7.08. The second-order valence-electron chi connectivity index (χ2n) is 10.5. The average Bonchev–Trinajstić information content (AvgIpc) is 3.17. The molecule has 0 fully saturated rings. The Labute approximate surface area is 232 Å². The molecule has 0 saturated heterocycles. The summed E-state index contributed by atoms with van der Waals surface area (Å²) < 4.78 is 40.4. The summed E-state index contributed by atoms with van der Waals surface area (Å²) in [4.78, 5) is 27.2. The van der Waals surface area contributed by atoms with Gasteiger partial charge < -0.3 is 19.5 Å². The molecular weight excluding hydrogens is 516 g/mol. The number of carboxylic acids is 1. The second kappa shape index (κ2) is 10.9. The molecule has 0 saturated carbocycles. The molecule has 0 spiro atoms. The number of carboxylic acid groups (broad SMARTS) is 1. The molecule has 0 aliphatic carbocycles. The largest absolute Gasteiger partial charge is 0.493 e. The number of hydrogen-bond donors (Lipinski definition) is 1. The van der Waals surface area contributed by atoms with Crippen LogP contribution in [0.1, 0.15) is 55.7 Å². The van der Waals surface area contributed by atoms with Gasteiger partial charge in [-0.3, -0.25) is 9.59 Å². The van der Waals surface area contributed by atoms with E-state index >= 15 is 4.39 Å². The van der Waals surface area contributed by atoms with Gasteiger partial charge in [0, 0.05) is 18.7 Å². The van der Waals surface area contributed by atoms with E-state index in [1.54, 1.807) is 11.0 Å². The zero-order chi connectivity index (χ0) is 28.7. The zero-order valence-electron chi connectivity index (χ0n) is 23.2. The van der Waals surface area contributed by atoms with E-state index in [0.29, 0.717) is 55.8 Å². The number of rotatable bonds is 5. The second-order valence-corrected chi connectivity index (χ2v) is 10.5. The van der Waals surface area contributed by atoms with Gasteiger partial charge in [-0.1, -0.05) is 6.07 Å². The molecular formula is C32H33F2NO5. The fraction of sp³-hybridized carbons (Fsp3) is 0.375. The van der Waals surface area contributed by atoms with E-state index in [9.17, 15) is 19.1 Å². The third-order valence-corrected chi connectivity index (χ3v) is 8.38. The number of methoxy groups -OCH3 is 1. The average molecular weight is 550 g/mol. The maximum Gasteiger partial charge on any atom is 0.307 e. The number of carbonyl (C=O) groups is 2. The van der Waals surface area contributed by atoms with Crippen molar-refractivity contribution in [3.63, 3.8) is 0 Å². The lowest BCUT2D eigenvalue weighted by atomic mass is 9.80. The SMILES string of the molecule is COc1c(F)cccc1C(=O)N1CCc2c(C)c(CC(=O)O)c(-c3cc(F)c4c(c3C)CCCO4)c(C)c2CC1. The summed E-state index contributed by atoms with van der Waals surface area (Å²) in [5.74, 6) is -2.12. The first-order valence-electron chi connectivity index (χ1n) is 13.6. The monoisotopic (exact) mass is 549 g/mol. The van der Waals surface area contributed by atoms with Crippen molar-refractivity contribution in [2.24, 2.45) is 0 Å². The fourth-order valence-corrected chi connectivity index (χ4v) is 6.39. The van der Waals surface area contributed by atoms with Gasteiger partial charge in [0.15, 0.2) is 23.1 Å². The fourth-order valence-electron chi connectivity index (χ4n) is 6.39. The highest BCUT2D eigenvalue weighted by molar-refractivity contribution is 5.97. The van der Waals surface area contributed by atoms with Crippen LogP contribution in [0.15, 0.2) is 24.3 Å². The normalized spacial score (nSPS) is 14.6. The Morgan fingerprint density at radius 1 is 0.975 bits per heavy atom. The number of para-hydroxylation sites is 1. The van der Waals surface area contributed by atoms with Gasteiger partial charge >= 0.3 is 5.97 Å². The van der Waals surface area contributed by atoms with Gasteiger partial charge in [-0.05, 0) is 109 Å². The van der Waals surface area contributed by atoms with Crippen LogP contribution in [0.4, 0.5) is 8.78 Å². The molecule has 1 amide bonds. The van der Waals surface area contributed by atoms with Gasteiger partial charge in [0.2, 0.25) is 0 Å². The molecule has 0 unspecified atom stereocenters. The number of halogens is 2. The van der Waals surface area contributed by atoms with Crippen LogP contribution in [0.25, 0.3) is 11.1 Å². The molecule has 5 rings (SSSR count). The Bertz CT molecular complexity index is 1530. The van der Waals surface area contributed by atoms with Crippen molar-refractivity contribution >= 4 is 11.9 Å². The molecule has 3 aromatic rings. The van der Waals surface area contributed by atoms with E-state index < -0.39 is 17.6 Å². The van der Waals surface area contributed by atoms with E-state index in [4.69, 9.17) is 9.47 Å². The molecule has 0 bridgehead atoms. The van der Waals surface area contributed by atoms with Crippen molar-refractivity contribution in [1.29, 1.82) is 0 Å². The van der Waals surface area contributed by atoms with Crippen molar-refractivity contribution in [1.82, 2.24) is 4.90 Å². The van der Waals surface area contributed by atoms with Crippen molar-refractivity contribution in [3.05, 3.63) is 80.4 Å². The standard InChI is InChI=1S/C32H33F2NO5/c1-17-20-10-12-35(32(38)23-7-5-9-26(33)30(23)39-4)13-11-21(20)19(3)29(25(17)16-28(36)37)24-15-27(34)31-22(18(24)2)8-6-14-40-31/h5,7,9,15H,6,8,10-14,16H2,1-4H3,(H,36,37). The first-order valence-corrected chi connectivity index (χ1v) is 13.6. The van der Waals surface area contributed by atoms with E-state index in [1.807, 2.05) is 20.8 Å². The Morgan fingerprint density at radius 3 is 2.35 bits per heavy atom. The first-order chi connectivity index (χ1) is 19.1. The number of nitrogens with zero attached hydrogens (tertiary/aromatic N) is 1. The number of fused-ring (bicyclic) bond motifs is 2. The molecule has 2 aliphatic rings. The minimum Gasteiger partial charge on any atom is -0.493 e. The predicted octanol–water partition coefficient (Wildman–Crippen LogP) is 5.76. The topological polar surface area (TPSA) is 76.1 Å². The van der Waals surface area contributed by atoms with Gasteiger partial charge in [-0.2, -0.15) is 0 Å². The molecule has 1 N–H and O–H groups in total. The number of benzene rings is 3. The van der Waals surface area contributed by atoms with Gasteiger partial charge in [0.05, 0.1) is 25.7 Å². The van der Waals surface area contributed by atoms with Crippen LogP contribution in [-0.2, 0) is 30.5 Å². The number of ether oxygens (including phenoxy) is 2. The van der Waals surface area contributed by atoms with Crippen LogP contribution in [0, 0.1) is 32.4 Å². The summed E-state index contributed by atoms with van der Waals surface area (Å²) in [5, 5.41) is 9.85. The first kappa shape index (κ1) is 27.6. The van der Waals surface area contributed by atoms with Crippen LogP contribution in [0.3, 0.4) is 0 Å². The Kier molecular flexibility index (Phi) is 7.53. The van der Waals surface area contributed by atoms with E-state index in [-0.39, 0.29) is 23.6 Å². The number of aliphatic carboxylic acids is 1. The van der Waals surface area contributed by atoms with Crippen LogP contribution in [-0.4, -0.2) is 48.7 Å². The van der Waals surface area contributed by atoms with Gasteiger partial charge in [-0.25, -0.2) is 8.78 Å². The summed E-state index contributed by atoms with van der Waals surface area (Å²) >= 11 is 0. The van der Waals surface area contributed by atoms with Gasteiger partial charge in [0.25, 0.3) is 5.91 Å². The highest BCUT2D eigenvalue weighted by Crippen LogP contribution is 2.43. The number of amides is 1. The summed E-state index contributed by atoms with van der Waals surface area (Å²) in [7, 11) is 1.34. The van der Waals surface area contributed by atoms with Gasteiger partial charge in [0.1, 0.15) is 0 Å². The van der Waals surface area contributed by atoms with Crippen molar-refractivity contribution < 1.29 is 33.0 Å². The van der Waals surface area contributed by atoms with Crippen LogP contribution in [0.5, 0.6) is 11.5 Å². The molecule has 40 heavy (non-hydrogen) atoms. The maximum atomic E-state index is 15.3. The highest BCUT2D eigenvalue weighted by Gasteiger charge is 2.30. The van der Waals surface area contributed by atoms with E-state index in [1.165, 1.54) is 25.3 Å². The molecule has 2 aliphatic heterocycles. The minimum atomic E-state index is -0.966. The molecule has 6 nitrogen and oxygen atoms in total. The third-order valence-electron chi connectivity index (χ3n) is 8.38. The summed E-state index contributed by atoms with van der Waals surface area (Å²) in [6.07, 6.45) is 2.34. The number of carbonyl (C=O) groups excluding carboxylic acids is 1. The summed E-state index contributed by atoms with van der Waals surface area (Å²) in [6, 6.07) is 5.77. The lowest BCUT2D eigenvalue weighted by Gasteiger charge is -2.26. The number of hydrogen-bond acceptors (Lipinski definition) is 4. The van der Waals surface area contributed by atoms with E-state index in [2.05, 4.69) is 0 Å². The Hall–Kier alpha value is -3.94. The zero-order valence-corrected chi connectivity index (χ0v) is 23.2. The molecule has 3 aromatic carbocycles. The molecule has 8 heteroatoms. The van der Waals surface area contributed by atoms with Crippen molar-refractivity contribution in [2.75, 3.05) is 26.8 Å². The van der Waals surface area contributed by atoms with Crippen LogP contribution < -0.4 is 9.47 Å². The lowest BCUT2D eigenvalue weighted by Crippen LogP contribution is -2.33. The van der Waals surface area contributed by atoms with Crippen molar-refractivity contribution in [3.8, 4) is 22.6 Å². The molecule has 0 radical (unpaired) electrons. The predicted molar refractivity (Wildman–Crippen MR) is 147 cm³/mol. The smallest absolute Gasteiger partial charge is 0.307 e. The maximum absolute atomic E-state index is 15.3. The quantitative estimate of drug-likeness (QED) is 0.438. The summed E-state index contributed by atoms with van der Waals surface area (Å²) in [5.41, 5.74) is 7.78. The lowest BCUT2D eigenvalue weighted by molar-refractivity contribution is -0.136. The molecule has 0 atom stereocenters. The molecule has 210 valence electrons.